The van der Waals surface area contributed by atoms with E-state index in [1.54, 1.807) is 24.3 Å². The van der Waals surface area contributed by atoms with E-state index < -0.39 is 37.3 Å². The van der Waals surface area contributed by atoms with Crippen LogP contribution in [0.1, 0.15) is 0 Å². The molecule has 20 heavy (non-hydrogen) atoms. The highest BCUT2D eigenvalue weighted by Gasteiger charge is 2.45. The number of aliphatic hydroxyl groups is 3. The van der Waals surface area contributed by atoms with E-state index in [9.17, 15) is 10.2 Å². The van der Waals surface area contributed by atoms with Crippen LogP contribution >= 0.6 is 0 Å². The average Bonchev–Trinajstić information content (AvgIpc) is 2.45. The molecule has 1 saturated heterocycles. The molecule has 1 aliphatic heterocycles. The van der Waals surface area contributed by atoms with Gasteiger partial charge in [0.1, 0.15) is 30.2 Å². The molecule has 0 aromatic heterocycles. The summed E-state index contributed by atoms with van der Waals surface area (Å²) < 4.78 is 16.1. The molecule has 1 aromatic carbocycles. The van der Waals surface area contributed by atoms with Crippen molar-refractivity contribution >= 4 is 5.69 Å². The maximum atomic E-state index is 9.97. The van der Waals surface area contributed by atoms with Crippen LogP contribution in [0.4, 0.5) is 5.69 Å². The number of methoxy groups -OCH3 is 1. The lowest BCUT2D eigenvalue weighted by atomic mass is 9.99. The molecule has 7 heteroatoms. The van der Waals surface area contributed by atoms with E-state index in [1.165, 1.54) is 7.11 Å². The number of rotatable bonds is 4. The van der Waals surface area contributed by atoms with Crippen molar-refractivity contribution in [3.8, 4) is 5.75 Å². The molecule has 1 fully saturated rings. The molecule has 0 bridgehead atoms. The van der Waals surface area contributed by atoms with Crippen molar-refractivity contribution in [3.63, 3.8) is 0 Å². The van der Waals surface area contributed by atoms with Crippen LogP contribution in [0, 0.1) is 0 Å². The molecule has 0 amide bonds. The number of ether oxygens (including phenoxy) is 3. The smallest absolute Gasteiger partial charge is 0.229 e. The minimum absolute atomic E-state index is 0.434. The Labute approximate surface area is 116 Å². The van der Waals surface area contributed by atoms with Crippen LogP contribution < -0.4 is 10.5 Å². The van der Waals surface area contributed by atoms with E-state index in [4.69, 9.17) is 25.1 Å². The number of anilines is 1. The van der Waals surface area contributed by atoms with Crippen LogP contribution in [-0.4, -0.2) is 59.7 Å². The SMILES string of the molecule is CO[C@H]1[C@@H](Oc2ccc(N)cc2)O[C@H](CO)[C@H](O)[C@@H]1O. The first-order chi connectivity index (χ1) is 9.56. The van der Waals surface area contributed by atoms with Crippen LogP contribution in [0.2, 0.25) is 0 Å². The van der Waals surface area contributed by atoms with Gasteiger partial charge in [-0.3, -0.25) is 0 Å². The lowest BCUT2D eigenvalue weighted by Crippen LogP contribution is -2.60. The fraction of sp³-hybridized carbons (Fsp3) is 0.538. The molecule has 0 spiro atoms. The van der Waals surface area contributed by atoms with Crippen molar-refractivity contribution < 1.29 is 29.5 Å². The third-order valence-electron chi connectivity index (χ3n) is 3.23. The normalized spacial score (nSPS) is 33.9. The number of nitrogen functional groups attached to an aromatic ring is 1. The number of nitrogens with two attached hydrogens (primary N) is 1. The zero-order valence-electron chi connectivity index (χ0n) is 11.0. The van der Waals surface area contributed by atoms with Gasteiger partial charge in [0.15, 0.2) is 0 Å². The van der Waals surface area contributed by atoms with Gasteiger partial charge in [-0.15, -0.1) is 0 Å². The summed E-state index contributed by atoms with van der Waals surface area (Å²) in [6, 6.07) is 6.62. The predicted octanol–water partition coefficient (Wildman–Crippen LogP) is -0.898. The van der Waals surface area contributed by atoms with Gasteiger partial charge in [-0.05, 0) is 24.3 Å². The molecular formula is C13H19NO6. The third kappa shape index (κ3) is 3.02. The van der Waals surface area contributed by atoms with E-state index in [0.29, 0.717) is 11.4 Å². The molecule has 0 aliphatic carbocycles. The minimum atomic E-state index is -1.24. The fourth-order valence-electron chi connectivity index (χ4n) is 2.08. The summed E-state index contributed by atoms with van der Waals surface area (Å²) in [5.74, 6) is 0.478. The second-order valence-electron chi connectivity index (χ2n) is 4.59. The lowest BCUT2D eigenvalue weighted by molar-refractivity contribution is -0.282. The van der Waals surface area contributed by atoms with Crippen molar-refractivity contribution in [2.45, 2.75) is 30.7 Å². The van der Waals surface area contributed by atoms with E-state index in [-0.39, 0.29) is 0 Å². The zero-order chi connectivity index (χ0) is 14.7. The molecule has 5 N–H and O–H groups in total. The number of aliphatic hydroxyl groups excluding tert-OH is 3. The highest BCUT2D eigenvalue weighted by atomic mass is 16.7. The van der Waals surface area contributed by atoms with Crippen molar-refractivity contribution in [1.82, 2.24) is 0 Å². The lowest BCUT2D eigenvalue weighted by Gasteiger charge is -2.41. The van der Waals surface area contributed by atoms with Gasteiger partial charge in [-0.2, -0.15) is 0 Å². The number of hydrogen-bond donors (Lipinski definition) is 4. The molecule has 1 aliphatic rings. The second kappa shape index (κ2) is 6.38. The first-order valence-corrected chi connectivity index (χ1v) is 6.24. The molecule has 0 unspecified atom stereocenters. The highest BCUT2D eigenvalue weighted by molar-refractivity contribution is 5.41. The second-order valence-corrected chi connectivity index (χ2v) is 4.59. The largest absolute Gasteiger partial charge is 0.462 e. The van der Waals surface area contributed by atoms with Gasteiger partial charge < -0.3 is 35.3 Å². The molecule has 2 rings (SSSR count). The standard InChI is InChI=1S/C13H19NO6/c1-18-12-11(17)10(16)9(6-15)20-13(12)19-8-4-2-7(14)3-5-8/h2-5,9-13,15-17H,6,14H2,1H3/t9-,10+,11+,12-,13+/m1/s1. The Bertz CT molecular complexity index is 425. The van der Waals surface area contributed by atoms with E-state index in [0.717, 1.165) is 0 Å². The Morgan fingerprint density at radius 3 is 2.40 bits per heavy atom. The average molecular weight is 285 g/mol. The topological polar surface area (TPSA) is 114 Å². The molecule has 7 nitrogen and oxygen atoms in total. The molecular weight excluding hydrogens is 266 g/mol. The predicted molar refractivity (Wildman–Crippen MR) is 70.0 cm³/mol. The van der Waals surface area contributed by atoms with Gasteiger partial charge in [0.2, 0.25) is 6.29 Å². The Morgan fingerprint density at radius 2 is 1.85 bits per heavy atom. The maximum Gasteiger partial charge on any atom is 0.229 e. The monoisotopic (exact) mass is 285 g/mol. The summed E-state index contributed by atoms with van der Waals surface area (Å²) in [5.41, 5.74) is 6.17. The molecule has 112 valence electrons. The van der Waals surface area contributed by atoms with Gasteiger partial charge in [0.05, 0.1) is 6.61 Å². The van der Waals surface area contributed by atoms with Crippen molar-refractivity contribution in [1.29, 1.82) is 0 Å². The van der Waals surface area contributed by atoms with Crippen LogP contribution in [0.25, 0.3) is 0 Å². The first kappa shape index (κ1) is 15.0. The number of hydrogen-bond acceptors (Lipinski definition) is 7. The number of benzene rings is 1. The van der Waals surface area contributed by atoms with Gasteiger partial charge in [0, 0.05) is 12.8 Å². The molecule has 0 saturated carbocycles. The van der Waals surface area contributed by atoms with Crippen LogP contribution in [0.5, 0.6) is 5.75 Å². The van der Waals surface area contributed by atoms with Gasteiger partial charge in [0.25, 0.3) is 0 Å². The summed E-state index contributed by atoms with van der Waals surface area (Å²) in [5, 5.41) is 28.9. The Morgan fingerprint density at radius 1 is 1.20 bits per heavy atom. The van der Waals surface area contributed by atoms with Gasteiger partial charge in [-0.25, -0.2) is 0 Å². The van der Waals surface area contributed by atoms with Crippen LogP contribution in [-0.2, 0) is 9.47 Å². The van der Waals surface area contributed by atoms with Crippen molar-refractivity contribution in [2.24, 2.45) is 0 Å². The Hall–Kier alpha value is -1.38. The summed E-state index contributed by atoms with van der Waals surface area (Å²) in [4.78, 5) is 0. The quantitative estimate of drug-likeness (QED) is 0.530. The van der Waals surface area contributed by atoms with Gasteiger partial charge >= 0.3 is 0 Å². The first-order valence-electron chi connectivity index (χ1n) is 6.24. The van der Waals surface area contributed by atoms with Crippen molar-refractivity contribution in [2.75, 3.05) is 19.5 Å². The Kier molecular flexibility index (Phi) is 4.79. The van der Waals surface area contributed by atoms with Crippen molar-refractivity contribution in [3.05, 3.63) is 24.3 Å². The summed E-state index contributed by atoms with van der Waals surface area (Å²) >= 11 is 0. The molecule has 1 aromatic rings. The maximum absolute atomic E-state index is 9.97. The fourth-order valence-corrected chi connectivity index (χ4v) is 2.08. The Balaban J connectivity index is 2.13. The summed E-state index contributed by atoms with van der Waals surface area (Å²) in [6.45, 7) is -0.434. The third-order valence-corrected chi connectivity index (χ3v) is 3.23. The van der Waals surface area contributed by atoms with Gasteiger partial charge in [-0.1, -0.05) is 0 Å². The molecule has 0 radical (unpaired) electrons. The van der Waals surface area contributed by atoms with E-state index >= 15 is 0 Å². The highest BCUT2D eigenvalue weighted by Crippen LogP contribution is 2.26. The van der Waals surface area contributed by atoms with Crippen LogP contribution in [0.3, 0.4) is 0 Å². The molecule has 5 atom stereocenters. The summed E-state index contributed by atoms with van der Waals surface area (Å²) in [7, 11) is 1.38. The molecule has 1 heterocycles. The van der Waals surface area contributed by atoms with Crippen LogP contribution in [0.15, 0.2) is 24.3 Å². The zero-order valence-corrected chi connectivity index (χ0v) is 11.0. The summed E-state index contributed by atoms with van der Waals surface area (Å²) in [6.07, 6.45) is -5.21. The minimum Gasteiger partial charge on any atom is -0.462 e. The van der Waals surface area contributed by atoms with E-state index in [1.807, 2.05) is 0 Å². The van der Waals surface area contributed by atoms with E-state index in [2.05, 4.69) is 0 Å².